The molecule has 1 aromatic heterocycles. The fourth-order valence-electron chi connectivity index (χ4n) is 4.32. The molecular weight excluding hydrogens is 482 g/mol. The molecule has 0 aliphatic heterocycles. The van der Waals surface area contributed by atoms with Gasteiger partial charge in [0.2, 0.25) is 0 Å². The molecule has 37 heavy (non-hydrogen) atoms. The maximum Gasteiger partial charge on any atom is 0.307 e. The third-order valence-corrected chi connectivity index (χ3v) is 7.46. The molecule has 1 unspecified atom stereocenters. The molecule has 1 N–H and O–H groups in total. The molecule has 0 radical (unpaired) electrons. The Hall–Kier alpha value is -3.12. The molecular formula is C31H39NO4S. The largest absolute Gasteiger partial charge is 0.493 e. The first kappa shape index (κ1) is 28.5. The first-order valence-corrected chi connectivity index (χ1v) is 13.6. The zero-order valence-corrected chi connectivity index (χ0v) is 23.9. The number of nitrogens with one attached hydrogen (secondary N) is 1. The Balaban J connectivity index is 1.56. The van der Waals surface area contributed by atoms with Gasteiger partial charge in [0, 0.05) is 11.4 Å². The third kappa shape index (κ3) is 7.93. The average molecular weight is 522 g/mol. The number of methoxy groups -OCH3 is 1. The van der Waals surface area contributed by atoms with Crippen molar-refractivity contribution in [1.82, 2.24) is 5.32 Å². The van der Waals surface area contributed by atoms with Gasteiger partial charge in [-0.15, -0.1) is 11.3 Å². The summed E-state index contributed by atoms with van der Waals surface area (Å²) in [6.45, 7) is 14.0. The maximum absolute atomic E-state index is 12.3. The lowest BCUT2D eigenvalue weighted by Gasteiger charge is -2.20. The summed E-state index contributed by atoms with van der Waals surface area (Å²) in [5.74, 6) is 0.673. The number of aryl methyl sites for hydroxylation is 2. The fraction of sp³-hybridized carbons (Fsp3) is 0.419. The van der Waals surface area contributed by atoms with E-state index in [-0.39, 0.29) is 30.3 Å². The summed E-state index contributed by atoms with van der Waals surface area (Å²) in [7, 11) is 1.34. The van der Waals surface area contributed by atoms with E-state index in [4.69, 9.17) is 4.74 Å². The maximum atomic E-state index is 12.3. The SMILES string of the molecule is COC(=O)CCNC(=O)c1ccc(CC(C)COc2cc(C)c(-c3ccc(C(C)(C)C)cc3)c(C)c2)s1. The topological polar surface area (TPSA) is 64.6 Å². The Morgan fingerprint density at radius 1 is 1.00 bits per heavy atom. The summed E-state index contributed by atoms with van der Waals surface area (Å²) in [5, 5.41) is 2.76. The van der Waals surface area contributed by atoms with Crippen LogP contribution in [0, 0.1) is 19.8 Å². The molecule has 0 saturated carbocycles. The number of rotatable bonds is 10. The van der Waals surface area contributed by atoms with Gasteiger partial charge in [0.15, 0.2) is 0 Å². The summed E-state index contributed by atoms with van der Waals surface area (Å²) in [6.07, 6.45) is 0.995. The second kappa shape index (κ2) is 12.4. The van der Waals surface area contributed by atoms with E-state index in [0.717, 1.165) is 17.0 Å². The van der Waals surface area contributed by atoms with Crippen LogP contribution in [0.4, 0.5) is 0 Å². The molecule has 1 amide bonds. The van der Waals surface area contributed by atoms with Crippen LogP contribution in [0.3, 0.4) is 0 Å². The molecule has 0 spiro atoms. The Morgan fingerprint density at radius 2 is 1.65 bits per heavy atom. The van der Waals surface area contributed by atoms with Crippen molar-refractivity contribution in [3.8, 4) is 16.9 Å². The summed E-state index contributed by atoms with van der Waals surface area (Å²) in [6, 6.07) is 16.9. The number of amides is 1. The van der Waals surface area contributed by atoms with Crippen molar-refractivity contribution in [3.05, 3.63) is 75.0 Å². The van der Waals surface area contributed by atoms with Crippen LogP contribution >= 0.6 is 11.3 Å². The Labute approximate surface area is 225 Å². The highest BCUT2D eigenvalue weighted by molar-refractivity contribution is 7.14. The highest BCUT2D eigenvalue weighted by atomic mass is 32.1. The molecule has 198 valence electrons. The number of hydrogen-bond donors (Lipinski definition) is 1. The molecule has 0 aliphatic rings. The van der Waals surface area contributed by atoms with E-state index in [1.807, 2.05) is 12.1 Å². The molecule has 0 saturated heterocycles. The monoisotopic (exact) mass is 521 g/mol. The van der Waals surface area contributed by atoms with Crippen molar-refractivity contribution in [2.75, 3.05) is 20.3 Å². The van der Waals surface area contributed by atoms with Gasteiger partial charge >= 0.3 is 5.97 Å². The minimum Gasteiger partial charge on any atom is -0.493 e. The predicted octanol–water partition coefficient (Wildman–Crippen LogP) is 6.88. The van der Waals surface area contributed by atoms with Gasteiger partial charge in [0.25, 0.3) is 5.91 Å². The third-order valence-electron chi connectivity index (χ3n) is 6.36. The number of benzene rings is 2. The van der Waals surface area contributed by atoms with Crippen molar-refractivity contribution in [2.24, 2.45) is 5.92 Å². The van der Waals surface area contributed by atoms with Crippen molar-refractivity contribution >= 4 is 23.2 Å². The van der Waals surface area contributed by atoms with Crippen molar-refractivity contribution < 1.29 is 19.1 Å². The molecule has 1 atom stereocenters. The van der Waals surface area contributed by atoms with Crippen molar-refractivity contribution in [1.29, 1.82) is 0 Å². The molecule has 5 nitrogen and oxygen atoms in total. The second-order valence-corrected chi connectivity index (χ2v) is 11.9. The van der Waals surface area contributed by atoms with Gasteiger partial charge in [-0.1, -0.05) is 52.0 Å². The number of hydrogen-bond acceptors (Lipinski definition) is 5. The Kier molecular flexibility index (Phi) is 9.55. The number of ether oxygens (including phenoxy) is 2. The van der Waals surface area contributed by atoms with Gasteiger partial charge in [0.1, 0.15) is 5.75 Å². The van der Waals surface area contributed by atoms with E-state index < -0.39 is 0 Å². The molecule has 0 aliphatic carbocycles. The summed E-state index contributed by atoms with van der Waals surface area (Å²) < 4.78 is 10.8. The summed E-state index contributed by atoms with van der Waals surface area (Å²) in [5.41, 5.74) is 6.36. The molecule has 3 aromatic rings. The first-order chi connectivity index (χ1) is 17.5. The number of carbonyl (C=O) groups excluding carboxylic acids is 2. The van der Waals surface area contributed by atoms with Gasteiger partial charge in [-0.3, -0.25) is 9.59 Å². The van der Waals surface area contributed by atoms with Crippen LogP contribution in [-0.4, -0.2) is 32.1 Å². The molecule has 3 rings (SSSR count). The number of esters is 1. The van der Waals surface area contributed by atoms with Gasteiger partial charge in [-0.05, 0) is 83.7 Å². The standard InChI is InChI=1S/C31H39NO4S/c1-20(16-26-12-13-27(37-26)30(34)32-15-14-28(33)35-7)19-36-25-17-21(2)29(22(3)18-25)23-8-10-24(11-9-23)31(4,5)6/h8-13,17-18,20H,14-16,19H2,1-7H3,(H,32,34). The van der Waals surface area contributed by atoms with E-state index >= 15 is 0 Å². The van der Waals surface area contributed by atoms with E-state index in [0.29, 0.717) is 17.4 Å². The molecule has 0 bridgehead atoms. The van der Waals surface area contributed by atoms with E-state index in [1.165, 1.54) is 46.3 Å². The van der Waals surface area contributed by atoms with Crippen molar-refractivity contribution in [3.63, 3.8) is 0 Å². The Bertz CT molecular complexity index is 1200. The zero-order chi connectivity index (χ0) is 27.2. The van der Waals surface area contributed by atoms with E-state index in [1.54, 1.807) is 0 Å². The fourth-order valence-corrected chi connectivity index (χ4v) is 5.40. The molecule has 0 fully saturated rings. The zero-order valence-electron chi connectivity index (χ0n) is 23.1. The van der Waals surface area contributed by atoms with Crippen LogP contribution in [0.15, 0.2) is 48.5 Å². The molecule has 1 heterocycles. The lowest BCUT2D eigenvalue weighted by atomic mass is 9.85. The van der Waals surface area contributed by atoms with Crippen molar-refractivity contribution in [2.45, 2.75) is 59.8 Å². The summed E-state index contributed by atoms with van der Waals surface area (Å²) in [4.78, 5) is 25.3. The lowest BCUT2D eigenvalue weighted by Crippen LogP contribution is -2.25. The van der Waals surface area contributed by atoms with E-state index in [9.17, 15) is 9.59 Å². The van der Waals surface area contributed by atoms with E-state index in [2.05, 4.69) is 88.0 Å². The van der Waals surface area contributed by atoms with Crippen LogP contribution in [0.5, 0.6) is 5.75 Å². The quantitative estimate of drug-likeness (QED) is 0.295. The second-order valence-electron chi connectivity index (χ2n) is 10.7. The van der Waals surface area contributed by atoms with Crippen LogP contribution in [-0.2, 0) is 21.4 Å². The first-order valence-electron chi connectivity index (χ1n) is 12.8. The number of carbonyl (C=O) groups is 2. The van der Waals surface area contributed by atoms with Gasteiger partial charge in [0.05, 0.1) is 25.0 Å². The minimum atomic E-state index is -0.337. The highest BCUT2D eigenvalue weighted by Crippen LogP contribution is 2.33. The predicted molar refractivity (Wildman–Crippen MR) is 152 cm³/mol. The Morgan fingerprint density at radius 3 is 2.24 bits per heavy atom. The van der Waals surface area contributed by atoms with Crippen LogP contribution in [0.2, 0.25) is 0 Å². The van der Waals surface area contributed by atoms with Crippen LogP contribution in [0.1, 0.15) is 65.4 Å². The minimum absolute atomic E-state index is 0.139. The van der Waals surface area contributed by atoms with Gasteiger partial charge in [-0.25, -0.2) is 0 Å². The molecule has 2 aromatic carbocycles. The molecule has 6 heteroatoms. The smallest absolute Gasteiger partial charge is 0.307 e. The number of thiophene rings is 1. The van der Waals surface area contributed by atoms with Gasteiger partial charge in [-0.2, -0.15) is 0 Å². The normalized spacial score (nSPS) is 12.2. The van der Waals surface area contributed by atoms with Gasteiger partial charge < -0.3 is 14.8 Å². The highest BCUT2D eigenvalue weighted by Gasteiger charge is 2.16. The summed E-state index contributed by atoms with van der Waals surface area (Å²) >= 11 is 1.48. The lowest BCUT2D eigenvalue weighted by molar-refractivity contribution is -0.140. The average Bonchev–Trinajstić information content (AvgIpc) is 3.30. The van der Waals surface area contributed by atoms with Crippen LogP contribution < -0.4 is 10.1 Å². The van der Waals surface area contributed by atoms with Crippen LogP contribution in [0.25, 0.3) is 11.1 Å².